The van der Waals surface area contributed by atoms with Gasteiger partial charge in [-0.05, 0) is 92.7 Å². The van der Waals surface area contributed by atoms with Crippen LogP contribution < -0.4 is 10.6 Å². The number of para-hydroxylation sites is 1. The van der Waals surface area contributed by atoms with E-state index in [2.05, 4.69) is 56.5 Å². The van der Waals surface area contributed by atoms with Crippen LogP contribution in [0.25, 0.3) is 0 Å². The first kappa shape index (κ1) is 20.8. The molecule has 4 heteroatoms. The second-order valence-corrected chi connectivity index (χ2v) is 11.1. The zero-order chi connectivity index (χ0) is 22.0. The fourth-order valence-corrected chi connectivity index (χ4v) is 7.99. The van der Waals surface area contributed by atoms with Gasteiger partial charge in [-0.15, -0.1) is 0 Å². The van der Waals surface area contributed by atoms with Crippen molar-refractivity contribution in [1.29, 1.82) is 0 Å². The number of anilines is 1. The smallest absolute Gasteiger partial charge is 0.243 e. The number of aryl methyl sites for hydroxylation is 2. The maximum atomic E-state index is 13.5. The van der Waals surface area contributed by atoms with Gasteiger partial charge >= 0.3 is 0 Å². The standard InChI is InChI=1S/C27H36N2O2/c1-16-6-5-7-17(2)24(16)29-25(31)21-10-9-19-18-8-11-22-27(4,15-13-23(30)28-22)20(18)12-14-26(19,21)3/h5-7,13,15,18-22H,8-12,14H2,1-4H3,(H,28,30)(H,29,31)/t18?,19?,20?,21?,22?,26-,27+/m0/s1. The van der Waals surface area contributed by atoms with Crippen molar-refractivity contribution in [3.05, 3.63) is 41.5 Å². The first-order valence-electron chi connectivity index (χ1n) is 12.1. The van der Waals surface area contributed by atoms with E-state index < -0.39 is 0 Å². The summed E-state index contributed by atoms with van der Waals surface area (Å²) in [4.78, 5) is 25.4. The Morgan fingerprint density at radius 3 is 2.52 bits per heavy atom. The number of amides is 2. The van der Waals surface area contributed by atoms with E-state index in [4.69, 9.17) is 0 Å². The molecule has 0 aromatic heterocycles. The Morgan fingerprint density at radius 1 is 1.03 bits per heavy atom. The van der Waals surface area contributed by atoms with Gasteiger partial charge in [0.05, 0.1) is 0 Å². The third-order valence-corrected chi connectivity index (χ3v) is 9.73. The highest BCUT2D eigenvalue weighted by Crippen LogP contribution is 2.65. The normalized spacial score (nSPS) is 41.0. The zero-order valence-corrected chi connectivity index (χ0v) is 19.3. The SMILES string of the molecule is Cc1cccc(C)c1NC(=O)C1CCC2C3CCC4NC(=O)C=C[C@]4(C)C3CC[C@]12C. The number of rotatable bonds is 2. The molecular weight excluding hydrogens is 384 g/mol. The molecule has 0 saturated heterocycles. The van der Waals surface area contributed by atoms with E-state index in [1.54, 1.807) is 6.08 Å². The summed E-state index contributed by atoms with van der Waals surface area (Å²) in [7, 11) is 0. The van der Waals surface area contributed by atoms with Crippen LogP contribution in [-0.2, 0) is 9.59 Å². The summed E-state index contributed by atoms with van der Waals surface area (Å²) in [6.07, 6.45) is 10.6. The third kappa shape index (κ3) is 3.08. The molecule has 31 heavy (non-hydrogen) atoms. The first-order chi connectivity index (χ1) is 14.7. The van der Waals surface area contributed by atoms with E-state index in [0.29, 0.717) is 17.8 Å². The van der Waals surface area contributed by atoms with Gasteiger partial charge in [-0.25, -0.2) is 0 Å². The van der Waals surface area contributed by atoms with Gasteiger partial charge in [0.15, 0.2) is 0 Å². The lowest BCUT2D eigenvalue weighted by Crippen LogP contribution is -2.59. The molecule has 166 valence electrons. The molecule has 1 heterocycles. The monoisotopic (exact) mass is 420 g/mol. The van der Waals surface area contributed by atoms with Crippen LogP contribution in [0.2, 0.25) is 0 Å². The zero-order valence-electron chi connectivity index (χ0n) is 19.3. The Hall–Kier alpha value is -2.10. The minimum absolute atomic E-state index is 0.0523. The minimum atomic E-state index is 0.0523. The highest BCUT2D eigenvalue weighted by molar-refractivity contribution is 5.94. The molecule has 2 amide bonds. The number of hydrogen-bond donors (Lipinski definition) is 2. The maximum absolute atomic E-state index is 13.5. The molecule has 5 rings (SSSR count). The lowest BCUT2D eigenvalue weighted by atomic mass is 9.48. The van der Waals surface area contributed by atoms with Crippen molar-refractivity contribution in [2.45, 2.75) is 72.3 Å². The van der Waals surface area contributed by atoms with E-state index in [-0.39, 0.29) is 34.6 Å². The van der Waals surface area contributed by atoms with Crippen LogP contribution in [0.4, 0.5) is 5.69 Å². The average molecular weight is 421 g/mol. The molecule has 1 aromatic carbocycles. The lowest BCUT2D eigenvalue weighted by Gasteiger charge is -2.58. The van der Waals surface area contributed by atoms with Gasteiger partial charge in [0.1, 0.15) is 0 Å². The predicted octanol–water partition coefficient (Wildman–Crippen LogP) is 5.16. The van der Waals surface area contributed by atoms with Crippen LogP contribution in [0.5, 0.6) is 0 Å². The molecular formula is C27H36N2O2. The second-order valence-electron chi connectivity index (χ2n) is 11.1. The Labute approximate surface area is 186 Å². The van der Waals surface area contributed by atoms with Crippen LogP contribution >= 0.6 is 0 Å². The van der Waals surface area contributed by atoms with Crippen molar-refractivity contribution < 1.29 is 9.59 Å². The summed E-state index contributed by atoms with van der Waals surface area (Å²) in [6.45, 7) is 8.89. The van der Waals surface area contributed by atoms with Gasteiger partial charge < -0.3 is 10.6 Å². The Balaban J connectivity index is 1.38. The van der Waals surface area contributed by atoms with Crippen molar-refractivity contribution in [2.75, 3.05) is 5.32 Å². The Bertz CT molecular complexity index is 932. The summed E-state index contributed by atoms with van der Waals surface area (Å²) in [6, 6.07) is 6.46. The van der Waals surface area contributed by atoms with E-state index in [1.165, 1.54) is 6.42 Å². The summed E-state index contributed by atoms with van der Waals surface area (Å²) >= 11 is 0. The molecule has 0 radical (unpaired) electrons. The van der Waals surface area contributed by atoms with Gasteiger partial charge in [-0.1, -0.05) is 38.1 Å². The first-order valence-corrected chi connectivity index (χ1v) is 12.1. The van der Waals surface area contributed by atoms with Gasteiger partial charge in [0, 0.05) is 23.1 Å². The van der Waals surface area contributed by atoms with Crippen molar-refractivity contribution in [3.63, 3.8) is 0 Å². The van der Waals surface area contributed by atoms with Crippen LogP contribution in [0, 0.1) is 48.3 Å². The van der Waals surface area contributed by atoms with Gasteiger partial charge in [0.25, 0.3) is 0 Å². The van der Waals surface area contributed by atoms with E-state index in [9.17, 15) is 9.59 Å². The number of benzene rings is 1. The molecule has 3 aliphatic carbocycles. The van der Waals surface area contributed by atoms with Gasteiger partial charge in [-0.3, -0.25) is 9.59 Å². The Kier molecular flexibility index (Phi) is 4.84. The number of hydrogen-bond acceptors (Lipinski definition) is 2. The van der Waals surface area contributed by atoms with E-state index in [0.717, 1.165) is 48.9 Å². The van der Waals surface area contributed by atoms with Crippen molar-refractivity contribution in [3.8, 4) is 0 Å². The highest BCUT2D eigenvalue weighted by Gasteiger charge is 2.60. The topological polar surface area (TPSA) is 58.2 Å². The molecule has 5 unspecified atom stereocenters. The van der Waals surface area contributed by atoms with Crippen LogP contribution in [0.1, 0.15) is 63.5 Å². The molecule has 2 N–H and O–H groups in total. The largest absolute Gasteiger partial charge is 0.349 e. The molecule has 4 nitrogen and oxygen atoms in total. The molecule has 1 aliphatic heterocycles. The maximum Gasteiger partial charge on any atom is 0.243 e. The molecule has 7 atom stereocenters. The molecule has 1 aromatic rings. The van der Waals surface area contributed by atoms with Gasteiger partial charge in [0.2, 0.25) is 11.8 Å². The van der Waals surface area contributed by atoms with Crippen LogP contribution in [-0.4, -0.2) is 17.9 Å². The van der Waals surface area contributed by atoms with Crippen molar-refractivity contribution in [1.82, 2.24) is 5.32 Å². The summed E-state index contributed by atoms with van der Waals surface area (Å²) < 4.78 is 0. The summed E-state index contributed by atoms with van der Waals surface area (Å²) in [5.74, 6) is 2.21. The fourth-order valence-electron chi connectivity index (χ4n) is 7.99. The van der Waals surface area contributed by atoms with E-state index >= 15 is 0 Å². The highest BCUT2D eigenvalue weighted by atomic mass is 16.2. The predicted molar refractivity (Wildman–Crippen MR) is 123 cm³/mol. The van der Waals surface area contributed by atoms with Gasteiger partial charge in [-0.2, -0.15) is 0 Å². The number of carbonyl (C=O) groups is 2. The number of fused-ring (bicyclic) bond motifs is 5. The number of carbonyl (C=O) groups excluding carboxylic acids is 2. The lowest BCUT2D eigenvalue weighted by molar-refractivity contribution is -0.129. The second kappa shape index (κ2) is 7.21. The van der Waals surface area contributed by atoms with Crippen molar-refractivity contribution in [2.24, 2.45) is 34.5 Å². The minimum Gasteiger partial charge on any atom is -0.349 e. The average Bonchev–Trinajstić information content (AvgIpc) is 3.08. The summed E-state index contributed by atoms with van der Waals surface area (Å²) in [5, 5.41) is 6.55. The van der Waals surface area contributed by atoms with Crippen LogP contribution in [0.3, 0.4) is 0 Å². The number of nitrogens with one attached hydrogen (secondary N) is 2. The summed E-state index contributed by atoms with van der Waals surface area (Å²) in [5.41, 5.74) is 3.39. The molecule has 3 saturated carbocycles. The Morgan fingerprint density at radius 2 is 1.77 bits per heavy atom. The van der Waals surface area contributed by atoms with Crippen molar-refractivity contribution >= 4 is 17.5 Å². The fraction of sp³-hybridized carbons (Fsp3) is 0.630. The molecule has 0 bridgehead atoms. The molecule has 0 spiro atoms. The molecule has 4 aliphatic rings. The van der Waals surface area contributed by atoms with Crippen LogP contribution in [0.15, 0.2) is 30.4 Å². The molecule has 3 fully saturated rings. The quantitative estimate of drug-likeness (QED) is 0.695. The third-order valence-electron chi connectivity index (χ3n) is 9.73. The van der Waals surface area contributed by atoms with E-state index in [1.807, 2.05) is 6.07 Å².